The van der Waals surface area contributed by atoms with Crippen molar-refractivity contribution in [1.82, 2.24) is 5.32 Å². The standard InChI is InChI=1S/C12H16BrFN2O2/c1-7(6-18-2)16-11(12(15)17)9-4-3-8(13)5-10(9)14/h3-5,7,11,16H,6H2,1-2H3,(H2,15,17)/t7-,11-/m0/s1. The maximum absolute atomic E-state index is 13.8. The molecule has 100 valence electrons. The fraction of sp³-hybridized carbons (Fsp3) is 0.417. The molecule has 0 bridgehead atoms. The summed E-state index contributed by atoms with van der Waals surface area (Å²) >= 11 is 3.16. The number of rotatable bonds is 6. The van der Waals surface area contributed by atoms with E-state index in [1.165, 1.54) is 12.1 Å². The van der Waals surface area contributed by atoms with Crippen molar-refractivity contribution in [3.8, 4) is 0 Å². The smallest absolute Gasteiger partial charge is 0.239 e. The molecule has 0 aliphatic heterocycles. The van der Waals surface area contributed by atoms with Crippen molar-refractivity contribution >= 4 is 21.8 Å². The second kappa shape index (κ2) is 6.82. The molecule has 1 aromatic carbocycles. The van der Waals surface area contributed by atoms with Gasteiger partial charge in [0.15, 0.2) is 0 Å². The van der Waals surface area contributed by atoms with Crippen LogP contribution in [0.1, 0.15) is 18.5 Å². The molecule has 4 nitrogen and oxygen atoms in total. The second-order valence-corrected chi connectivity index (χ2v) is 4.94. The largest absolute Gasteiger partial charge is 0.383 e. The molecule has 0 unspecified atom stereocenters. The van der Waals surface area contributed by atoms with Gasteiger partial charge in [-0.05, 0) is 19.1 Å². The van der Waals surface area contributed by atoms with Crippen LogP contribution in [0.25, 0.3) is 0 Å². The van der Waals surface area contributed by atoms with Gasteiger partial charge in [-0.1, -0.05) is 22.0 Å². The molecule has 0 radical (unpaired) electrons. The molecular weight excluding hydrogens is 303 g/mol. The van der Waals surface area contributed by atoms with Crippen molar-refractivity contribution in [3.05, 3.63) is 34.1 Å². The maximum Gasteiger partial charge on any atom is 0.239 e. The predicted octanol–water partition coefficient (Wildman–Crippen LogP) is 1.74. The Morgan fingerprint density at radius 2 is 2.28 bits per heavy atom. The summed E-state index contributed by atoms with van der Waals surface area (Å²) in [5, 5.41) is 2.94. The Morgan fingerprint density at radius 1 is 1.61 bits per heavy atom. The highest BCUT2D eigenvalue weighted by molar-refractivity contribution is 9.10. The summed E-state index contributed by atoms with van der Waals surface area (Å²) in [6.45, 7) is 2.23. The molecule has 0 spiro atoms. The average Bonchev–Trinajstić information content (AvgIpc) is 2.27. The first kappa shape index (κ1) is 15.1. The van der Waals surface area contributed by atoms with Crippen molar-refractivity contribution in [2.24, 2.45) is 5.73 Å². The molecule has 0 fully saturated rings. The number of hydrogen-bond donors (Lipinski definition) is 2. The number of hydrogen-bond acceptors (Lipinski definition) is 3. The van der Waals surface area contributed by atoms with E-state index in [0.29, 0.717) is 11.1 Å². The van der Waals surface area contributed by atoms with E-state index in [-0.39, 0.29) is 11.6 Å². The van der Waals surface area contributed by atoms with Crippen molar-refractivity contribution in [2.45, 2.75) is 19.0 Å². The van der Waals surface area contributed by atoms with E-state index in [2.05, 4.69) is 21.2 Å². The third-order valence-corrected chi connectivity index (χ3v) is 2.92. The molecule has 0 saturated heterocycles. The number of amides is 1. The van der Waals surface area contributed by atoms with Gasteiger partial charge in [0.25, 0.3) is 0 Å². The molecule has 0 aromatic heterocycles. The van der Waals surface area contributed by atoms with E-state index in [1.54, 1.807) is 13.2 Å². The van der Waals surface area contributed by atoms with Gasteiger partial charge in [0.05, 0.1) is 6.61 Å². The third kappa shape index (κ3) is 4.04. The van der Waals surface area contributed by atoms with Gasteiger partial charge < -0.3 is 10.5 Å². The summed E-state index contributed by atoms with van der Waals surface area (Å²) < 4.78 is 19.3. The Bertz CT molecular complexity index is 429. The van der Waals surface area contributed by atoms with Crippen LogP contribution in [0.2, 0.25) is 0 Å². The van der Waals surface area contributed by atoms with Crippen LogP contribution >= 0.6 is 15.9 Å². The third-order valence-electron chi connectivity index (χ3n) is 2.43. The molecule has 1 rings (SSSR count). The molecule has 0 aliphatic carbocycles. The summed E-state index contributed by atoms with van der Waals surface area (Å²) in [4.78, 5) is 11.4. The number of carbonyl (C=O) groups is 1. The number of methoxy groups -OCH3 is 1. The van der Waals surface area contributed by atoms with Crippen LogP contribution in [0, 0.1) is 5.82 Å². The van der Waals surface area contributed by atoms with E-state index < -0.39 is 17.8 Å². The van der Waals surface area contributed by atoms with Gasteiger partial charge in [0.1, 0.15) is 11.9 Å². The van der Waals surface area contributed by atoms with Crippen LogP contribution < -0.4 is 11.1 Å². The highest BCUT2D eigenvalue weighted by Gasteiger charge is 2.22. The fourth-order valence-electron chi connectivity index (χ4n) is 1.64. The summed E-state index contributed by atoms with van der Waals surface area (Å²) in [6, 6.07) is 3.51. The number of nitrogens with two attached hydrogens (primary N) is 1. The van der Waals surface area contributed by atoms with Gasteiger partial charge in [0.2, 0.25) is 5.91 Å². The number of primary amides is 1. The lowest BCUT2D eigenvalue weighted by Crippen LogP contribution is -2.41. The molecule has 18 heavy (non-hydrogen) atoms. The van der Waals surface area contributed by atoms with Crippen molar-refractivity contribution in [3.63, 3.8) is 0 Å². The first-order chi connectivity index (χ1) is 8.45. The maximum atomic E-state index is 13.8. The van der Waals surface area contributed by atoms with Gasteiger partial charge in [-0.15, -0.1) is 0 Å². The lowest BCUT2D eigenvalue weighted by Gasteiger charge is -2.21. The topological polar surface area (TPSA) is 64.3 Å². The van der Waals surface area contributed by atoms with Gasteiger partial charge in [-0.25, -0.2) is 4.39 Å². The number of carbonyl (C=O) groups excluding carboxylic acids is 1. The zero-order chi connectivity index (χ0) is 13.7. The van der Waals surface area contributed by atoms with Crippen LogP contribution in [-0.2, 0) is 9.53 Å². The van der Waals surface area contributed by atoms with E-state index >= 15 is 0 Å². The highest BCUT2D eigenvalue weighted by atomic mass is 79.9. The summed E-state index contributed by atoms with van der Waals surface area (Å²) in [6.07, 6.45) is 0. The van der Waals surface area contributed by atoms with Gasteiger partial charge in [0, 0.05) is 23.2 Å². The fourth-order valence-corrected chi connectivity index (χ4v) is 1.98. The summed E-state index contributed by atoms with van der Waals surface area (Å²) in [5.74, 6) is -1.11. The van der Waals surface area contributed by atoms with Crippen LogP contribution in [0.4, 0.5) is 4.39 Å². The Balaban J connectivity index is 2.94. The first-order valence-electron chi connectivity index (χ1n) is 5.45. The van der Waals surface area contributed by atoms with Crippen LogP contribution in [0.5, 0.6) is 0 Å². The minimum atomic E-state index is -0.872. The lowest BCUT2D eigenvalue weighted by atomic mass is 10.0. The van der Waals surface area contributed by atoms with Gasteiger partial charge >= 0.3 is 0 Å². The van der Waals surface area contributed by atoms with Crippen molar-refractivity contribution in [2.75, 3.05) is 13.7 Å². The SMILES string of the molecule is COC[C@H](C)N[C@H](C(N)=O)c1ccc(Br)cc1F. The lowest BCUT2D eigenvalue weighted by molar-refractivity contribution is -0.120. The van der Waals surface area contributed by atoms with E-state index in [0.717, 1.165) is 0 Å². The van der Waals surface area contributed by atoms with Crippen LogP contribution in [-0.4, -0.2) is 25.7 Å². The van der Waals surface area contributed by atoms with Crippen LogP contribution in [0.15, 0.2) is 22.7 Å². The van der Waals surface area contributed by atoms with Crippen molar-refractivity contribution in [1.29, 1.82) is 0 Å². The molecule has 6 heteroatoms. The second-order valence-electron chi connectivity index (χ2n) is 4.02. The van der Waals surface area contributed by atoms with Crippen molar-refractivity contribution < 1.29 is 13.9 Å². The molecule has 0 heterocycles. The van der Waals surface area contributed by atoms with E-state index in [4.69, 9.17) is 10.5 Å². The number of nitrogens with one attached hydrogen (secondary N) is 1. The molecule has 0 aliphatic rings. The molecule has 0 saturated carbocycles. The molecule has 1 amide bonds. The van der Waals surface area contributed by atoms with Gasteiger partial charge in [-0.2, -0.15) is 0 Å². The minimum absolute atomic E-state index is 0.115. The Hall–Kier alpha value is -0.980. The monoisotopic (exact) mass is 318 g/mol. The molecule has 1 aromatic rings. The predicted molar refractivity (Wildman–Crippen MR) is 70.5 cm³/mol. The minimum Gasteiger partial charge on any atom is -0.383 e. The van der Waals surface area contributed by atoms with Crippen LogP contribution in [0.3, 0.4) is 0 Å². The number of ether oxygens (including phenoxy) is 1. The summed E-state index contributed by atoms with van der Waals surface area (Å²) in [7, 11) is 1.55. The average molecular weight is 319 g/mol. The number of benzene rings is 1. The summed E-state index contributed by atoms with van der Waals surface area (Å²) in [5.41, 5.74) is 5.53. The first-order valence-corrected chi connectivity index (χ1v) is 6.24. The normalized spacial score (nSPS) is 14.2. The molecular formula is C12H16BrFN2O2. The quantitative estimate of drug-likeness (QED) is 0.839. The highest BCUT2D eigenvalue weighted by Crippen LogP contribution is 2.21. The Morgan fingerprint density at radius 3 is 2.78 bits per heavy atom. The van der Waals surface area contributed by atoms with E-state index in [9.17, 15) is 9.18 Å². The molecule has 3 N–H and O–H groups in total. The Labute approximate surface area is 114 Å². The zero-order valence-corrected chi connectivity index (χ0v) is 11.8. The van der Waals surface area contributed by atoms with E-state index in [1.807, 2.05) is 6.92 Å². The number of halogens is 2. The zero-order valence-electron chi connectivity index (χ0n) is 10.2. The molecule has 2 atom stereocenters. The van der Waals surface area contributed by atoms with Gasteiger partial charge in [-0.3, -0.25) is 10.1 Å². The Kier molecular flexibility index (Phi) is 5.71.